The van der Waals surface area contributed by atoms with Crippen molar-refractivity contribution < 1.29 is 27.1 Å². The second kappa shape index (κ2) is 6.49. The fourth-order valence-corrected chi connectivity index (χ4v) is 7.65. The summed E-state index contributed by atoms with van der Waals surface area (Å²) in [6.45, 7) is 5.88. The van der Waals surface area contributed by atoms with Gasteiger partial charge in [0.15, 0.2) is 5.78 Å². The lowest BCUT2D eigenvalue weighted by atomic mass is 9.46. The smallest absolute Gasteiger partial charge is 0.393 e. The summed E-state index contributed by atoms with van der Waals surface area (Å²) in [5, 5.41) is 10.3. The van der Waals surface area contributed by atoms with Gasteiger partial charge in [-0.25, -0.2) is 4.18 Å². The molecule has 2 saturated carbocycles. The van der Waals surface area contributed by atoms with E-state index in [-0.39, 0.29) is 23.5 Å². The summed E-state index contributed by atoms with van der Waals surface area (Å²) in [6, 6.07) is 0. The number of carbonyl (C=O) groups is 1. The van der Waals surface area contributed by atoms with Crippen molar-refractivity contribution in [3.63, 3.8) is 0 Å². The molecular weight excluding hydrogens is 380 g/mol. The number of aliphatic hydroxyl groups excluding tert-OH is 1. The van der Waals surface area contributed by atoms with Gasteiger partial charge in [-0.3, -0.25) is 9.35 Å². The maximum atomic E-state index is 12.2. The minimum atomic E-state index is -4.62. The van der Waals surface area contributed by atoms with Gasteiger partial charge in [-0.15, -0.1) is 0 Å². The topological polar surface area (TPSA) is 101 Å². The lowest BCUT2D eigenvalue weighted by Gasteiger charge is -2.59. The highest BCUT2D eigenvalue weighted by molar-refractivity contribution is 7.80. The molecule has 156 valence electrons. The number of ketones is 1. The molecule has 0 aliphatic heterocycles. The molecular formula is C21H30O6S. The number of fused-ring (bicyclic) bond motifs is 5. The molecule has 6 nitrogen and oxygen atoms in total. The molecule has 4 aliphatic carbocycles. The minimum absolute atomic E-state index is 0.123. The third-order valence-electron chi connectivity index (χ3n) is 8.34. The molecule has 7 heteroatoms. The van der Waals surface area contributed by atoms with Crippen molar-refractivity contribution in [2.24, 2.45) is 28.6 Å². The van der Waals surface area contributed by atoms with Gasteiger partial charge < -0.3 is 5.11 Å². The Labute approximate surface area is 167 Å². The average Bonchev–Trinajstić information content (AvgIpc) is 2.92. The molecule has 0 spiro atoms. The van der Waals surface area contributed by atoms with Gasteiger partial charge in [0.1, 0.15) is 0 Å². The van der Waals surface area contributed by atoms with E-state index in [9.17, 15) is 22.9 Å². The minimum Gasteiger partial charge on any atom is -0.393 e. The third kappa shape index (κ3) is 2.93. The van der Waals surface area contributed by atoms with Crippen LogP contribution in [0.15, 0.2) is 23.3 Å². The summed E-state index contributed by atoms with van der Waals surface area (Å²) in [7, 11) is -4.62. The molecule has 2 fully saturated rings. The zero-order valence-electron chi connectivity index (χ0n) is 16.7. The Kier molecular flexibility index (Phi) is 4.70. The highest BCUT2D eigenvalue weighted by Crippen LogP contribution is 2.65. The highest BCUT2D eigenvalue weighted by Gasteiger charge is 2.60. The molecule has 4 rings (SSSR count). The van der Waals surface area contributed by atoms with E-state index < -0.39 is 28.0 Å². The van der Waals surface area contributed by atoms with Crippen LogP contribution in [0.4, 0.5) is 0 Å². The fraction of sp³-hybridized carbons (Fsp3) is 0.762. The van der Waals surface area contributed by atoms with Crippen molar-refractivity contribution in [3.8, 4) is 0 Å². The lowest BCUT2D eigenvalue weighted by Crippen LogP contribution is -2.56. The van der Waals surface area contributed by atoms with Gasteiger partial charge in [0.25, 0.3) is 0 Å². The molecule has 0 aromatic carbocycles. The predicted octanol–water partition coefficient (Wildman–Crippen LogP) is 3.23. The van der Waals surface area contributed by atoms with Crippen molar-refractivity contribution in [3.05, 3.63) is 23.3 Å². The van der Waals surface area contributed by atoms with Crippen LogP contribution in [0.1, 0.15) is 59.3 Å². The molecule has 0 amide bonds. The molecule has 0 aromatic heterocycles. The second-order valence-electron chi connectivity index (χ2n) is 9.60. The van der Waals surface area contributed by atoms with E-state index in [1.165, 1.54) is 0 Å². The number of carbonyl (C=O) groups excluding carboxylic acids is 1. The maximum Gasteiger partial charge on any atom is 0.397 e. The van der Waals surface area contributed by atoms with Crippen LogP contribution in [0.25, 0.3) is 0 Å². The van der Waals surface area contributed by atoms with Gasteiger partial charge in [0.05, 0.1) is 12.2 Å². The number of allylic oxidation sites excluding steroid dienone is 3. The van der Waals surface area contributed by atoms with Crippen LogP contribution < -0.4 is 0 Å². The number of aliphatic hydroxyl groups is 1. The van der Waals surface area contributed by atoms with E-state index in [1.54, 1.807) is 6.92 Å². The molecule has 0 bridgehead atoms. The largest absolute Gasteiger partial charge is 0.397 e. The summed E-state index contributed by atoms with van der Waals surface area (Å²) >= 11 is 0. The van der Waals surface area contributed by atoms with E-state index >= 15 is 0 Å². The highest BCUT2D eigenvalue weighted by atomic mass is 32.3. The van der Waals surface area contributed by atoms with Gasteiger partial charge in [0.2, 0.25) is 0 Å². The third-order valence-corrected chi connectivity index (χ3v) is 8.82. The van der Waals surface area contributed by atoms with Crippen LogP contribution in [-0.2, 0) is 19.4 Å². The predicted molar refractivity (Wildman–Crippen MR) is 104 cm³/mol. The van der Waals surface area contributed by atoms with Gasteiger partial charge >= 0.3 is 10.4 Å². The first-order chi connectivity index (χ1) is 13.0. The number of rotatable bonds is 3. The fourth-order valence-electron chi connectivity index (χ4n) is 7.07. The first kappa shape index (κ1) is 20.3. The van der Waals surface area contributed by atoms with E-state index in [2.05, 4.69) is 19.1 Å². The number of hydrogen-bond acceptors (Lipinski definition) is 5. The molecule has 4 aliphatic rings. The van der Waals surface area contributed by atoms with Gasteiger partial charge in [0, 0.05) is 11.8 Å². The average molecular weight is 411 g/mol. The zero-order valence-corrected chi connectivity index (χ0v) is 17.5. The Morgan fingerprint density at radius 1 is 1.21 bits per heavy atom. The SMILES string of the molecule is CC(=O)C1=CC[C@H]2[C@@H]3CC=C4C[C@@H](O)C[C@@H](OS(=O)(=O)O)[C@]4(C)[C@H]3CC[C@]12C. The first-order valence-corrected chi connectivity index (χ1v) is 11.6. The van der Waals surface area contributed by atoms with Crippen LogP contribution in [0.2, 0.25) is 0 Å². The van der Waals surface area contributed by atoms with Crippen molar-refractivity contribution in [1.82, 2.24) is 0 Å². The van der Waals surface area contributed by atoms with E-state index in [4.69, 9.17) is 4.18 Å². The standard InChI is InChI=1S/C21H30O6S/c1-12(22)16-6-7-17-15-5-4-13-10-14(23)11-19(27-28(24,25)26)21(13,3)18(15)8-9-20(16,17)2/h4,6,14-15,17-19,23H,5,7-11H2,1-3H3,(H,24,25,26)/t14-,15+,17+,18+,19-,20-,21+/m1/s1. The molecule has 2 N–H and O–H groups in total. The zero-order chi connectivity index (χ0) is 20.5. The van der Waals surface area contributed by atoms with Gasteiger partial charge in [-0.05, 0) is 67.8 Å². The molecule has 0 radical (unpaired) electrons. The molecule has 0 heterocycles. The summed E-state index contributed by atoms with van der Waals surface area (Å²) in [6.07, 6.45) is 7.02. The van der Waals surface area contributed by atoms with Crippen molar-refractivity contribution in [2.75, 3.05) is 0 Å². The van der Waals surface area contributed by atoms with Crippen molar-refractivity contribution in [2.45, 2.75) is 71.5 Å². The molecule has 0 unspecified atom stereocenters. The van der Waals surface area contributed by atoms with Gasteiger partial charge in [-0.2, -0.15) is 8.42 Å². The molecule has 28 heavy (non-hydrogen) atoms. The monoisotopic (exact) mass is 410 g/mol. The van der Waals surface area contributed by atoms with Crippen molar-refractivity contribution in [1.29, 1.82) is 0 Å². The Morgan fingerprint density at radius 2 is 1.93 bits per heavy atom. The normalized spacial score (nSPS) is 45.4. The van der Waals surface area contributed by atoms with E-state index in [0.717, 1.165) is 36.8 Å². The first-order valence-electron chi connectivity index (χ1n) is 10.2. The summed E-state index contributed by atoms with van der Waals surface area (Å²) < 4.78 is 37.5. The van der Waals surface area contributed by atoms with Crippen LogP contribution in [0.3, 0.4) is 0 Å². The lowest BCUT2D eigenvalue weighted by molar-refractivity contribution is -0.117. The van der Waals surface area contributed by atoms with Crippen molar-refractivity contribution >= 4 is 16.2 Å². The molecule has 0 aromatic rings. The Balaban J connectivity index is 1.72. The van der Waals surface area contributed by atoms with E-state index in [1.807, 2.05) is 6.92 Å². The van der Waals surface area contributed by atoms with Crippen LogP contribution in [0, 0.1) is 28.6 Å². The molecule has 7 atom stereocenters. The summed E-state index contributed by atoms with van der Waals surface area (Å²) in [4.78, 5) is 12.2. The summed E-state index contributed by atoms with van der Waals surface area (Å²) in [5.41, 5.74) is 1.32. The second-order valence-corrected chi connectivity index (χ2v) is 10.6. The van der Waals surface area contributed by atoms with Crippen LogP contribution in [-0.4, -0.2) is 36.1 Å². The Morgan fingerprint density at radius 3 is 2.57 bits per heavy atom. The van der Waals surface area contributed by atoms with Crippen LogP contribution >= 0.6 is 0 Å². The maximum absolute atomic E-state index is 12.2. The molecule has 0 saturated heterocycles. The van der Waals surface area contributed by atoms with E-state index in [0.29, 0.717) is 18.3 Å². The van der Waals surface area contributed by atoms with Gasteiger partial charge in [-0.1, -0.05) is 31.6 Å². The Bertz CT molecular complexity index is 858. The quantitative estimate of drug-likeness (QED) is 0.547. The number of hydrogen-bond donors (Lipinski definition) is 2. The number of Topliss-reactive ketones (excluding diaryl/α,β-unsaturated/α-hetero) is 1. The summed E-state index contributed by atoms with van der Waals surface area (Å²) in [5.74, 6) is 1.01. The van der Waals surface area contributed by atoms with Crippen LogP contribution in [0.5, 0.6) is 0 Å². The Hall–Kier alpha value is -1.02.